The van der Waals surface area contributed by atoms with Crippen LogP contribution in [0.4, 0.5) is 0 Å². The van der Waals surface area contributed by atoms with Crippen LogP contribution in [0.1, 0.15) is 45.1 Å². The molecule has 1 saturated carbocycles. The Morgan fingerprint density at radius 3 is 2.30 bits per heavy atom. The fraction of sp³-hybridized carbons (Fsp3) is 0.625. The maximum Gasteiger partial charge on any atom is 0.157 e. The number of aliphatic hydroxyl groups is 1. The Labute approximate surface area is 120 Å². The average Bonchev–Trinajstić information content (AvgIpc) is 2.38. The zero-order valence-electron chi connectivity index (χ0n) is 12.3. The van der Waals surface area contributed by atoms with Gasteiger partial charge in [-0.15, -0.1) is 0 Å². The van der Waals surface area contributed by atoms with Crippen LogP contribution in [0.2, 0.25) is 0 Å². The molecule has 0 heterocycles. The van der Waals surface area contributed by atoms with Gasteiger partial charge in [-0.25, -0.2) is 0 Å². The zero-order chi connectivity index (χ0) is 14.8. The summed E-state index contributed by atoms with van der Waals surface area (Å²) in [6, 6.07) is 4.77. The van der Waals surface area contributed by atoms with Crippen molar-refractivity contribution in [1.82, 2.24) is 5.32 Å². The van der Waals surface area contributed by atoms with Gasteiger partial charge in [0.25, 0.3) is 0 Å². The molecule has 4 N–H and O–H groups in total. The van der Waals surface area contributed by atoms with E-state index in [1.54, 1.807) is 6.07 Å². The summed E-state index contributed by atoms with van der Waals surface area (Å²) in [7, 11) is 0. The van der Waals surface area contributed by atoms with Crippen LogP contribution < -0.4 is 5.32 Å². The molecule has 20 heavy (non-hydrogen) atoms. The number of phenols is 2. The van der Waals surface area contributed by atoms with Gasteiger partial charge in [0, 0.05) is 13.1 Å². The van der Waals surface area contributed by atoms with Crippen molar-refractivity contribution in [3.05, 3.63) is 23.8 Å². The summed E-state index contributed by atoms with van der Waals surface area (Å²) in [5.74, 6) is -0.218. The van der Waals surface area contributed by atoms with E-state index in [0.29, 0.717) is 18.5 Å². The Balaban J connectivity index is 1.82. The molecule has 1 aliphatic carbocycles. The van der Waals surface area contributed by atoms with E-state index >= 15 is 0 Å². The van der Waals surface area contributed by atoms with E-state index in [9.17, 15) is 15.3 Å². The lowest BCUT2D eigenvalue weighted by Crippen LogP contribution is -2.44. The normalized spacial score (nSPS) is 20.8. The first-order chi connectivity index (χ1) is 9.30. The van der Waals surface area contributed by atoms with Gasteiger partial charge in [0.1, 0.15) is 0 Å². The number of benzene rings is 1. The van der Waals surface area contributed by atoms with E-state index in [4.69, 9.17) is 0 Å². The molecule has 0 bridgehead atoms. The van der Waals surface area contributed by atoms with Crippen LogP contribution in [0.15, 0.2) is 18.2 Å². The first-order valence-corrected chi connectivity index (χ1v) is 7.24. The Bertz CT molecular complexity index is 461. The van der Waals surface area contributed by atoms with Gasteiger partial charge in [-0.2, -0.15) is 0 Å². The molecule has 2 rings (SSSR count). The second-order valence-corrected chi connectivity index (χ2v) is 6.82. The molecule has 0 radical (unpaired) electrons. The number of nitrogens with one attached hydrogen (secondary N) is 1. The summed E-state index contributed by atoms with van der Waals surface area (Å²) in [5, 5.41) is 32.5. The molecule has 0 aliphatic heterocycles. The van der Waals surface area contributed by atoms with Crippen molar-refractivity contribution in [3.8, 4) is 11.5 Å². The number of rotatable bonds is 4. The van der Waals surface area contributed by atoms with Crippen LogP contribution in [0.25, 0.3) is 0 Å². The highest BCUT2D eigenvalue weighted by atomic mass is 16.3. The van der Waals surface area contributed by atoms with E-state index in [0.717, 1.165) is 31.2 Å². The lowest BCUT2D eigenvalue weighted by Gasteiger charge is -2.40. The third-order valence-electron chi connectivity index (χ3n) is 4.36. The SMILES string of the molecule is CC1(C)CCC(O)(CNCc2ccc(O)c(O)c2)CC1. The maximum absolute atomic E-state index is 10.5. The molecule has 0 amide bonds. The first kappa shape index (κ1) is 15.1. The average molecular weight is 279 g/mol. The van der Waals surface area contributed by atoms with Crippen molar-refractivity contribution >= 4 is 0 Å². The summed E-state index contributed by atoms with van der Waals surface area (Å²) < 4.78 is 0. The predicted molar refractivity (Wildman–Crippen MR) is 78.7 cm³/mol. The lowest BCUT2D eigenvalue weighted by molar-refractivity contribution is -0.0245. The second-order valence-electron chi connectivity index (χ2n) is 6.82. The molecule has 1 aromatic carbocycles. The fourth-order valence-electron chi connectivity index (χ4n) is 2.69. The van der Waals surface area contributed by atoms with E-state index < -0.39 is 5.60 Å². The molecule has 1 fully saturated rings. The minimum Gasteiger partial charge on any atom is -0.504 e. The molecular formula is C16H25NO3. The van der Waals surface area contributed by atoms with Crippen molar-refractivity contribution in [2.24, 2.45) is 5.41 Å². The molecule has 4 heteroatoms. The van der Waals surface area contributed by atoms with Gasteiger partial charge in [0.05, 0.1) is 5.60 Å². The van der Waals surface area contributed by atoms with Gasteiger partial charge >= 0.3 is 0 Å². The third-order valence-corrected chi connectivity index (χ3v) is 4.36. The Hall–Kier alpha value is -1.26. The number of hydrogen-bond donors (Lipinski definition) is 4. The quantitative estimate of drug-likeness (QED) is 0.639. The molecule has 0 spiro atoms. The molecule has 0 unspecified atom stereocenters. The van der Waals surface area contributed by atoms with Crippen LogP contribution >= 0.6 is 0 Å². The van der Waals surface area contributed by atoms with Crippen molar-refractivity contribution in [2.75, 3.05) is 6.54 Å². The molecule has 1 aromatic rings. The maximum atomic E-state index is 10.5. The van der Waals surface area contributed by atoms with E-state index in [1.807, 2.05) is 0 Å². The molecule has 112 valence electrons. The lowest BCUT2D eigenvalue weighted by atomic mass is 9.71. The monoisotopic (exact) mass is 279 g/mol. The standard InChI is InChI=1S/C16H25NO3/c1-15(2)5-7-16(20,8-6-15)11-17-10-12-3-4-13(18)14(19)9-12/h3-4,9,17-20H,5-8,10-11H2,1-2H3. The molecule has 1 aliphatic rings. The minimum atomic E-state index is -0.617. The summed E-state index contributed by atoms with van der Waals surface area (Å²) in [4.78, 5) is 0. The summed E-state index contributed by atoms with van der Waals surface area (Å²) in [6.07, 6.45) is 3.75. The minimum absolute atomic E-state index is 0.109. The largest absolute Gasteiger partial charge is 0.504 e. The van der Waals surface area contributed by atoms with E-state index in [-0.39, 0.29) is 11.5 Å². The van der Waals surface area contributed by atoms with Crippen molar-refractivity contribution in [2.45, 2.75) is 51.7 Å². The van der Waals surface area contributed by atoms with Gasteiger partial charge in [-0.1, -0.05) is 19.9 Å². The van der Waals surface area contributed by atoms with Crippen LogP contribution in [0, 0.1) is 5.41 Å². The summed E-state index contributed by atoms with van der Waals surface area (Å²) in [5.41, 5.74) is 0.615. The molecule has 0 atom stereocenters. The molecular weight excluding hydrogens is 254 g/mol. The third kappa shape index (κ3) is 3.87. The molecule has 0 aromatic heterocycles. The highest BCUT2D eigenvalue weighted by Crippen LogP contribution is 2.39. The van der Waals surface area contributed by atoms with Crippen molar-refractivity contribution < 1.29 is 15.3 Å². The topological polar surface area (TPSA) is 72.7 Å². The van der Waals surface area contributed by atoms with Gasteiger partial charge < -0.3 is 20.6 Å². The van der Waals surface area contributed by atoms with Gasteiger partial charge in [-0.05, 0) is 48.8 Å². The number of phenolic OH excluding ortho intramolecular Hbond substituents is 2. The van der Waals surface area contributed by atoms with E-state index in [1.165, 1.54) is 12.1 Å². The Morgan fingerprint density at radius 1 is 1.05 bits per heavy atom. The van der Waals surface area contributed by atoms with Crippen LogP contribution in [0.3, 0.4) is 0 Å². The van der Waals surface area contributed by atoms with Crippen molar-refractivity contribution in [3.63, 3.8) is 0 Å². The number of hydrogen-bond acceptors (Lipinski definition) is 4. The zero-order valence-corrected chi connectivity index (χ0v) is 12.3. The molecule has 4 nitrogen and oxygen atoms in total. The smallest absolute Gasteiger partial charge is 0.157 e. The Morgan fingerprint density at radius 2 is 1.70 bits per heavy atom. The highest BCUT2D eigenvalue weighted by molar-refractivity contribution is 5.40. The summed E-state index contributed by atoms with van der Waals surface area (Å²) in [6.45, 7) is 5.63. The predicted octanol–water partition coefficient (Wildman–Crippen LogP) is 2.52. The second kappa shape index (κ2) is 5.62. The van der Waals surface area contributed by atoms with Crippen LogP contribution in [-0.4, -0.2) is 27.5 Å². The van der Waals surface area contributed by atoms with Crippen LogP contribution in [-0.2, 0) is 6.54 Å². The summed E-state index contributed by atoms with van der Waals surface area (Å²) >= 11 is 0. The van der Waals surface area contributed by atoms with Gasteiger partial charge in [0.2, 0.25) is 0 Å². The van der Waals surface area contributed by atoms with Gasteiger partial charge in [-0.3, -0.25) is 0 Å². The number of aromatic hydroxyl groups is 2. The highest BCUT2D eigenvalue weighted by Gasteiger charge is 2.36. The fourth-order valence-corrected chi connectivity index (χ4v) is 2.69. The van der Waals surface area contributed by atoms with Gasteiger partial charge in [0.15, 0.2) is 11.5 Å². The first-order valence-electron chi connectivity index (χ1n) is 7.24. The van der Waals surface area contributed by atoms with E-state index in [2.05, 4.69) is 19.2 Å². The molecule has 0 saturated heterocycles. The van der Waals surface area contributed by atoms with Crippen LogP contribution in [0.5, 0.6) is 11.5 Å². The Kier molecular flexibility index (Phi) is 4.25. The van der Waals surface area contributed by atoms with Crippen molar-refractivity contribution in [1.29, 1.82) is 0 Å².